The van der Waals surface area contributed by atoms with Gasteiger partial charge in [0.05, 0.1) is 17.7 Å². The van der Waals surface area contributed by atoms with E-state index in [1.54, 1.807) is 19.4 Å². The van der Waals surface area contributed by atoms with E-state index in [1.807, 2.05) is 0 Å². The molecule has 2 aliphatic rings. The second-order valence-electron chi connectivity index (χ2n) is 4.51. The molecule has 3 heterocycles. The zero-order chi connectivity index (χ0) is 13.6. The van der Waals surface area contributed by atoms with Crippen LogP contribution in [0.2, 0.25) is 0 Å². The summed E-state index contributed by atoms with van der Waals surface area (Å²) in [6.45, 7) is 2.05. The Bertz CT molecular complexity index is 550. The van der Waals surface area contributed by atoms with Gasteiger partial charge in [0.25, 0.3) is 11.8 Å². The fourth-order valence-electron chi connectivity index (χ4n) is 2.28. The molecule has 3 rings (SSSR count). The number of hydrogen-bond acceptors (Lipinski definition) is 7. The molecular formula is C11H13N3O4S. The van der Waals surface area contributed by atoms with Gasteiger partial charge in [-0.15, -0.1) is 11.3 Å². The van der Waals surface area contributed by atoms with Crippen molar-refractivity contribution in [3.05, 3.63) is 16.5 Å². The van der Waals surface area contributed by atoms with Crippen LogP contribution in [0.5, 0.6) is 0 Å². The number of rotatable bonds is 2. The van der Waals surface area contributed by atoms with Gasteiger partial charge in [-0.05, 0) is 6.92 Å². The molecule has 7 nitrogen and oxygen atoms in total. The van der Waals surface area contributed by atoms with Gasteiger partial charge in [0.1, 0.15) is 5.00 Å². The summed E-state index contributed by atoms with van der Waals surface area (Å²) in [6.07, 6.45) is 0.417. The average Bonchev–Trinajstić information content (AvgIpc) is 2.92. The maximum Gasteiger partial charge on any atom is 0.266 e. The van der Waals surface area contributed by atoms with Crippen molar-refractivity contribution in [2.24, 2.45) is 0 Å². The van der Waals surface area contributed by atoms with Crippen LogP contribution in [-0.2, 0) is 9.68 Å². The minimum atomic E-state index is -1.03. The van der Waals surface area contributed by atoms with Crippen LogP contribution in [-0.4, -0.2) is 36.1 Å². The normalized spacial score (nSPS) is 26.7. The number of hydrogen-bond donors (Lipinski definition) is 2. The van der Waals surface area contributed by atoms with Gasteiger partial charge in [0.2, 0.25) is 0 Å². The Labute approximate surface area is 113 Å². The highest BCUT2D eigenvalue weighted by atomic mass is 32.1. The van der Waals surface area contributed by atoms with Crippen molar-refractivity contribution in [3.63, 3.8) is 0 Å². The van der Waals surface area contributed by atoms with E-state index < -0.39 is 5.72 Å². The summed E-state index contributed by atoms with van der Waals surface area (Å²) < 4.78 is 0. The number of fused-ring (bicyclic) bond motifs is 1. The molecule has 2 aliphatic heterocycles. The molecule has 1 fully saturated rings. The van der Waals surface area contributed by atoms with Crippen molar-refractivity contribution < 1.29 is 19.3 Å². The predicted octanol–water partition coefficient (Wildman–Crippen LogP) is 0.958. The van der Waals surface area contributed by atoms with Gasteiger partial charge < -0.3 is 5.32 Å². The Hall–Kier alpha value is -1.48. The van der Waals surface area contributed by atoms with Crippen molar-refractivity contribution in [1.29, 1.82) is 0 Å². The SMILES string of the molecule is CNc1scc2c1C(=O)N([C@]1(C)CCONO1)C2=O. The van der Waals surface area contributed by atoms with Crippen LogP contribution in [0, 0.1) is 0 Å². The van der Waals surface area contributed by atoms with Crippen LogP contribution < -0.4 is 11.0 Å². The number of anilines is 1. The molecule has 0 saturated carbocycles. The van der Waals surface area contributed by atoms with Crippen molar-refractivity contribution in [2.45, 2.75) is 19.1 Å². The second-order valence-corrected chi connectivity index (χ2v) is 5.39. The van der Waals surface area contributed by atoms with E-state index >= 15 is 0 Å². The van der Waals surface area contributed by atoms with Gasteiger partial charge in [-0.3, -0.25) is 14.4 Å². The van der Waals surface area contributed by atoms with E-state index in [0.717, 1.165) is 4.90 Å². The molecule has 2 amide bonds. The topological polar surface area (TPSA) is 79.9 Å². The van der Waals surface area contributed by atoms with E-state index in [1.165, 1.54) is 11.3 Å². The van der Waals surface area contributed by atoms with Crippen LogP contribution >= 0.6 is 11.3 Å². The first-order chi connectivity index (χ1) is 9.08. The Morgan fingerprint density at radius 3 is 2.89 bits per heavy atom. The summed E-state index contributed by atoms with van der Waals surface area (Å²) in [6, 6.07) is 0. The Balaban J connectivity index is 2.00. The standard InChI is InChI=1S/C11H13N3O4S/c1-11(3-4-17-13-18-11)14-9(15)6-5-19-8(12-2)7(6)10(14)16/h5,12-13H,3-4H2,1-2H3/t11-/m0/s1. The summed E-state index contributed by atoms with van der Waals surface area (Å²) in [4.78, 5) is 36.1. The molecule has 0 aromatic carbocycles. The first-order valence-corrected chi connectivity index (χ1v) is 6.69. The van der Waals surface area contributed by atoms with Crippen LogP contribution in [0.1, 0.15) is 34.1 Å². The molecule has 0 aliphatic carbocycles. The van der Waals surface area contributed by atoms with E-state index in [-0.39, 0.29) is 11.8 Å². The van der Waals surface area contributed by atoms with Crippen molar-refractivity contribution in [3.8, 4) is 0 Å². The van der Waals surface area contributed by atoms with E-state index in [2.05, 4.69) is 11.0 Å². The second kappa shape index (κ2) is 4.27. The highest BCUT2D eigenvalue weighted by molar-refractivity contribution is 7.15. The number of carbonyl (C=O) groups excluding carboxylic acids is 2. The predicted molar refractivity (Wildman–Crippen MR) is 67.6 cm³/mol. The minimum absolute atomic E-state index is 0.330. The number of nitrogens with zero attached hydrogens (tertiary/aromatic N) is 1. The molecule has 0 spiro atoms. The number of imide groups is 1. The summed E-state index contributed by atoms with van der Waals surface area (Å²) in [7, 11) is 1.72. The Morgan fingerprint density at radius 1 is 1.47 bits per heavy atom. The van der Waals surface area contributed by atoms with Crippen molar-refractivity contribution >= 4 is 28.2 Å². The van der Waals surface area contributed by atoms with E-state index in [9.17, 15) is 9.59 Å². The number of thiophene rings is 1. The number of carbonyl (C=O) groups is 2. The molecule has 1 saturated heterocycles. The summed E-state index contributed by atoms with van der Waals surface area (Å²) in [5, 5.41) is 5.32. The van der Waals surface area contributed by atoms with Gasteiger partial charge in [-0.1, -0.05) is 5.64 Å². The maximum atomic E-state index is 12.5. The largest absolute Gasteiger partial charge is 0.379 e. The molecule has 102 valence electrons. The van der Waals surface area contributed by atoms with Crippen molar-refractivity contribution in [2.75, 3.05) is 19.0 Å². The third kappa shape index (κ3) is 1.68. The van der Waals surface area contributed by atoms with Gasteiger partial charge in [-0.25, -0.2) is 9.74 Å². The molecule has 1 atom stereocenters. The average molecular weight is 283 g/mol. The Kier molecular flexibility index (Phi) is 2.82. The van der Waals surface area contributed by atoms with E-state index in [4.69, 9.17) is 9.68 Å². The molecule has 19 heavy (non-hydrogen) atoms. The third-order valence-corrected chi connectivity index (χ3v) is 4.33. The lowest BCUT2D eigenvalue weighted by Crippen LogP contribution is -2.57. The van der Waals surface area contributed by atoms with Gasteiger partial charge in [-0.2, -0.15) is 0 Å². The first-order valence-electron chi connectivity index (χ1n) is 5.81. The molecular weight excluding hydrogens is 270 g/mol. The Morgan fingerprint density at radius 2 is 2.26 bits per heavy atom. The highest BCUT2D eigenvalue weighted by Crippen LogP contribution is 2.39. The molecule has 0 radical (unpaired) electrons. The lowest BCUT2D eigenvalue weighted by molar-refractivity contribution is -0.302. The highest BCUT2D eigenvalue weighted by Gasteiger charge is 2.50. The summed E-state index contributed by atoms with van der Waals surface area (Å²) in [5.41, 5.74) is 2.10. The van der Waals surface area contributed by atoms with Gasteiger partial charge in [0.15, 0.2) is 5.72 Å². The fraction of sp³-hybridized carbons (Fsp3) is 0.455. The monoisotopic (exact) mass is 283 g/mol. The fourth-order valence-corrected chi connectivity index (χ4v) is 3.16. The maximum absolute atomic E-state index is 12.5. The lowest BCUT2D eigenvalue weighted by atomic mass is 10.1. The zero-order valence-electron chi connectivity index (χ0n) is 10.5. The zero-order valence-corrected chi connectivity index (χ0v) is 11.3. The lowest BCUT2D eigenvalue weighted by Gasteiger charge is -2.38. The quantitative estimate of drug-likeness (QED) is 0.787. The minimum Gasteiger partial charge on any atom is -0.379 e. The first kappa shape index (κ1) is 12.5. The van der Waals surface area contributed by atoms with Crippen LogP contribution in [0.15, 0.2) is 5.38 Å². The van der Waals surface area contributed by atoms with Crippen LogP contribution in [0.4, 0.5) is 5.00 Å². The molecule has 0 bridgehead atoms. The van der Waals surface area contributed by atoms with Crippen LogP contribution in [0.3, 0.4) is 0 Å². The summed E-state index contributed by atoms with van der Waals surface area (Å²) >= 11 is 1.35. The van der Waals surface area contributed by atoms with E-state index in [0.29, 0.717) is 29.2 Å². The molecule has 8 heteroatoms. The number of nitrogens with one attached hydrogen (secondary N) is 2. The number of amides is 2. The van der Waals surface area contributed by atoms with Gasteiger partial charge >= 0.3 is 0 Å². The molecule has 2 N–H and O–H groups in total. The summed E-state index contributed by atoms with van der Waals surface area (Å²) in [5.74, 6) is -0.666. The smallest absolute Gasteiger partial charge is 0.266 e. The third-order valence-electron chi connectivity index (χ3n) is 3.33. The molecule has 1 aromatic rings. The van der Waals surface area contributed by atoms with Crippen molar-refractivity contribution in [1.82, 2.24) is 10.5 Å². The van der Waals surface area contributed by atoms with Gasteiger partial charge in [0, 0.05) is 18.8 Å². The van der Waals surface area contributed by atoms with Crippen LogP contribution in [0.25, 0.3) is 0 Å². The molecule has 1 aromatic heterocycles. The molecule has 0 unspecified atom stereocenters.